The summed E-state index contributed by atoms with van der Waals surface area (Å²) in [6.45, 7) is 0. The number of hydrogen-bond donors (Lipinski definition) is 2. The molecule has 0 atom stereocenters. The molecule has 6 nitrogen and oxygen atoms in total. The highest BCUT2D eigenvalue weighted by atomic mass is 32.2. The largest absolute Gasteiger partial charge is 0.319 e. The average Bonchev–Trinajstić information content (AvgIpc) is 2.39. The van der Waals surface area contributed by atoms with E-state index in [1.807, 2.05) is 0 Å². The summed E-state index contributed by atoms with van der Waals surface area (Å²) in [6, 6.07) is 3.69. The number of rotatable bonds is 3. The first kappa shape index (κ1) is 15.0. The summed E-state index contributed by atoms with van der Waals surface area (Å²) in [7, 11) is -4.04. The van der Waals surface area contributed by atoms with E-state index in [4.69, 9.17) is 5.14 Å². The van der Waals surface area contributed by atoms with E-state index >= 15 is 0 Å². The Bertz CT molecular complexity index is 809. The first-order chi connectivity index (χ1) is 9.77. The van der Waals surface area contributed by atoms with Crippen molar-refractivity contribution in [1.82, 2.24) is 4.98 Å². The molecule has 0 saturated heterocycles. The molecular weight excluding hydrogens is 304 g/mol. The highest BCUT2D eigenvalue weighted by Gasteiger charge is 2.14. The first-order valence-corrected chi connectivity index (χ1v) is 7.06. The zero-order valence-electron chi connectivity index (χ0n) is 10.4. The SMILES string of the molecule is NS(=O)(=O)c1ccc(NC(=O)c2cncc(F)c2)c(F)c1. The summed E-state index contributed by atoms with van der Waals surface area (Å²) in [5.41, 5.74) is -0.374. The minimum absolute atomic E-state index is 0.107. The third kappa shape index (κ3) is 3.58. The lowest BCUT2D eigenvalue weighted by Crippen LogP contribution is -2.15. The van der Waals surface area contributed by atoms with E-state index in [1.54, 1.807) is 0 Å². The Balaban J connectivity index is 2.26. The smallest absolute Gasteiger partial charge is 0.257 e. The molecule has 0 aliphatic carbocycles. The van der Waals surface area contributed by atoms with Crippen molar-refractivity contribution >= 4 is 21.6 Å². The number of primary sulfonamides is 1. The van der Waals surface area contributed by atoms with E-state index in [1.165, 1.54) is 0 Å². The number of hydrogen-bond acceptors (Lipinski definition) is 4. The maximum absolute atomic E-state index is 13.7. The Morgan fingerprint density at radius 2 is 1.90 bits per heavy atom. The van der Waals surface area contributed by atoms with Gasteiger partial charge in [-0.2, -0.15) is 0 Å². The van der Waals surface area contributed by atoms with Gasteiger partial charge < -0.3 is 5.32 Å². The minimum Gasteiger partial charge on any atom is -0.319 e. The quantitative estimate of drug-likeness (QED) is 0.890. The van der Waals surface area contributed by atoms with E-state index in [9.17, 15) is 22.0 Å². The maximum atomic E-state index is 13.7. The van der Waals surface area contributed by atoms with Gasteiger partial charge in [-0.25, -0.2) is 22.3 Å². The lowest BCUT2D eigenvalue weighted by molar-refractivity contribution is 0.102. The second-order valence-corrected chi connectivity index (χ2v) is 5.59. The van der Waals surface area contributed by atoms with Crippen molar-refractivity contribution in [3.8, 4) is 0 Å². The molecule has 3 N–H and O–H groups in total. The van der Waals surface area contributed by atoms with Gasteiger partial charge in [0.25, 0.3) is 5.91 Å². The number of benzene rings is 1. The van der Waals surface area contributed by atoms with Crippen LogP contribution in [0.4, 0.5) is 14.5 Å². The maximum Gasteiger partial charge on any atom is 0.257 e. The Kier molecular flexibility index (Phi) is 3.96. The molecule has 1 heterocycles. The van der Waals surface area contributed by atoms with E-state index in [-0.39, 0.29) is 11.3 Å². The number of amides is 1. The van der Waals surface area contributed by atoms with Crippen LogP contribution in [0.15, 0.2) is 41.6 Å². The van der Waals surface area contributed by atoms with Crippen molar-refractivity contribution in [2.75, 3.05) is 5.32 Å². The molecule has 110 valence electrons. The molecule has 0 aliphatic heterocycles. The Hall–Kier alpha value is -2.39. The topological polar surface area (TPSA) is 102 Å². The normalized spacial score (nSPS) is 11.2. The standard InChI is InChI=1S/C12H9F2N3O3S/c13-8-3-7(5-16-6-8)12(18)17-11-2-1-9(4-10(11)14)21(15,19)20/h1-6H,(H,17,18)(H2,15,19,20). The fourth-order valence-electron chi connectivity index (χ4n) is 1.50. The molecule has 0 fully saturated rings. The van der Waals surface area contributed by atoms with Gasteiger partial charge >= 0.3 is 0 Å². The molecular formula is C12H9F2N3O3S. The molecule has 2 aromatic rings. The van der Waals surface area contributed by atoms with Crippen LogP contribution in [0, 0.1) is 11.6 Å². The zero-order chi connectivity index (χ0) is 15.6. The van der Waals surface area contributed by atoms with Crippen molar-refractivity contribution in [2.45, 2.75) is 4.90 Å². The van der Waals surface area contributed by atoms with Crippen LogP contribution in [0.2, 0.25) is 0 Å². The van der Waals surface area contributed by atoms with Crippen LogP contribution >= 0.6 is 0 Å². The number of carbonyl (C=O) groups excluding carboxylic acids is 1. The van der Waals surface area contributed by atoms with E-state index in [2.05, 4.69) is 10.3 Å². The van der Waals surface area contributed by atoms with Gasteiger partial charge in [0, 0.05) is 6.20 Å². The zero-order valence-corrected chi connectivity index (χ0v) is 11.2. The number of halogens is 2. The second-order valence-electron chi connectivity index (χ2n) is 4.03. The van der Waals surface area contributed by atoms with Gasteiger partial charge in [-0.15, -0.1) is 0 Å². The minimum atomic E-state index is -4.04. The summed E-state index contributed by atoms with van der Waals surface area (Å²) in [5.74, 6) is -2.49. The predicted molar refractivity (Wildman–Crippen MR) is 69.9 cm³/mol. The Morgan fingerprint density at radius 3 is 2.48 bits per heavy atom. The Morgan fingerprint density at radius 1 is 1.19 bits per heavy atom. The van der Waals surface area contributed by atoms with E-state index in [0.717, 1.165) is 30.6 Å². The van der Waals surface area contributed by atoms with Crippen LogP contribution in [-0.4, -0.2) is 19.3 Å². The fourth-order valence-corrected chi connectivity index (χ4v) is 2.03. The third-order valence-electron chi connectivity index (χ3n) is 2.48. The number of sulfonamides is 1. The van der Waals surface area contributed by atoms with Crippen LogP contribution in [0.5, 0.6) is 0 Å². The fraction of sp³-hybridized carbons (Fsp3) is 0. The summed E-state index contributed by atoms with van der Waals surface area (Å²) >= 11 is 0. The molecule has 21 heavy (non-hydrogen) atoms. The highest BCUT2D eigenvalue weighted by molar-refractivity contribution is 7.89. The molecule has 0 spiro atoms. The van der Waals surface area contributed by atoms with E-state index in [0.29, 0.717) is 6.07 Å². The molecule has 0 aliphatic rings. The molecule has 0 radical (unpaired) electrons. The average molecular weight is 313 g/mol. The summed E-state index contributed by atoms with van der Waals surface area (Å²) < 4.78 is 48.7. The molecule has 1 aromatic heterocycles. The number of nitrogens with one attached hydrogen (secondary N) is 1. The van der Waals surface area contributed by atoms with Crippen molar-refractivity contribution in [2.24, 2.45) is 5.14 Å². The number of nitrogens with two attached hydrogens (primary N) is 1. The van der Waals surface area contributed by atoms with Crippen molar-refractivity contribution in [3.05, 3.63) is 53.9 Å². The van der Waals surface area contributed by atoms with Crippen molar-refractivity contribution < 1.29 is 22.0 Å². The van der Waals surface area contributed by atoms with Gasteiger partial charge in [0.1, 0.15) is 11.6 Å². The van der Waals surface area contributed by atoms with Crippen LogP contribution in [0.25, 0.3) is 0 Å². The number of anilines is 1. The molecule has 1 amide bonds. The third-order valence-corrected chi connectivity index (χ3v) is 3.40. The molecule has 9 heteroatoms. The van der Waals surface area contributed by atoms with Crippen LogP contribution in [0.1, 0.15) is 10.4 Å². The van der Waals surface area contributed by atoms with Crippen LogP contribution < -0.4 is 10.5 Å². The highest BCUT2D eigenvalue weighted by Crippen LogP contribution is 2.19. The first-order valence-electron chi connectivity index (χ1n) is 5.51. The molecule has 0 saturated carbocycles. The molecule has 1 aromatic carbocycles. The van der Waals surface area contributed by atoms with Crippen LogP contribution in [0.3, 0.4) is 0 Å². The van der Waals surface area contributed by atoms with Crippen molar-refractivity contribution in [3.63, 3.8) is 0 Å². The van der Waals surface area contributed by atoms with Gasteiger partial charge in [-0.1, -0.05) is 0 Å². The number of carbonyl (C=O) groups is 1. The predicted octanol–water partition coefficient (Wildman–Crippen LogP) is 1.26. The van der Waals surface area contributed by atoms with Gasteiger partial charge in [0.05, 0.1) is 22.3 Å². The lowest BCUT2D eigenvalue weighted by Gasteiger charge is -2.07. The lowest BCUT2D eigenvalue weighted by atomic mass is 10.2. The number of nitrogens with zero attached hydrogens (tertiary/aromatic N) is 1. The van der Waals surface area contributed by atoms with Gasteiger partial charge in [0.2, 0.25) is 10.0 Å². The van der Waals surface area contributed by atoms with Gasteiger partial charge in [-0.3, -0.25) is 9.78 Å². The van der Waals surface area contributed by atoms with Gasteiger partial charge in [-0.05, 0) is 24.3 Å². The number of aromatic nitrogens is 1. The summed E-state index contributed by atoms with van der Waals surface area (Å²) in [5, 5.41) is 7.03. The van der Waals surface area contributed by atoms with Gasteiger partial charge in [0.15, 0.2) is 0 Å². The number of pyridine rings is 1. The monoisotopic (exact) mass is 313 g/mol. The van der Waals surface area contributed by atoms with Crippen LogP contribution in [-0.2, 0) is 10.0 Å². The summed E-state index contributed by atoms with van der Waals surface area (Å²) in [6.07, 6.45) is 2.02. The Labute approximate surface area is 118 Å². The second kappa shape index (κ2) is 5.54. The van der Waals surface area contributed by atoms with Crippen molar-refractivity contribution in [1.29, 1.82) is 0 Å². The molecule has 0 unspecified atom stereocenters. The summed E-state index contributed by atoms with van der Waals surface area (Å²) in [4.78, 5) is 14.8. The molecule has 0 bridgehead atoms. The molecule has 2 rings (SSSR count). The van der Waals surface area contributed by atoms with E-state index < -0.39 is 32.5 Å².